The van der Waals surface area contributed by atoms with E-state index in [1.807, 2.05) is 49.4 Å². The largest absolute Gasteiger partial charge is 0.473 e. The molecular weight excluding hydrogens is 332 g/mol. The Hall–Kier alpha value is -2.14. The van der Waals surface area contributed by atoms with E-state index in [0.29, 0.717) is 12.5 Å². The van der Waals surface area contributed by atoms with Crippen molar-refractivity contribution in [3.8, 4) is 17.1 Å². The number of nitrogens with zero attached hydrogens (tertiary/aromatic N) is 2. The predicted octanol–water partition coefficient (Wildman–Crippen LogP) is 4.39. The lowest BCUT2D eigenvalue weighted by molar-refractivity contribution is 0.290. The normalized spacial score (nSPS) is 10.6. The van der Waals surface area contributed by atoms with E-state index in [2.05, 4.69) is 26.1 Å². The van der Waals surface area contributed by atoms with Gasteiger partial charge >= 0.3 is 0 Å². The number of hydrogen-bond acceptors (Lipinski definition) is 4. The highest BCUT2D eigenvalue weighted by Gasteiger charge is 2.15. The molecule has 0 saturated heterocycles. The van der Waals surface area contributed by atoms with E-state index in [4.69, 9.17) is 9.26 Å². The fourth-order valence-corrected chi connectivity index (χ4v) is 2.21. The van der Waals surface area contributed by atoms with Crippen molar-refractivity contribution in [1.29, 1.82) is 0 Å². The first-order valence-corrected chi connectivity index (χ1v) is 7.28. The molecule has 0 bridgehead atoms. The van der Waals surface area contributed by atoms with Crippen LogP contribution in [0.25, 0.3) is 11.3 Å². The Balaban J connectivity index is 1.82. The van der Waals surface area contributed by atoms with Gasteiger partial charge in [0.2, 0.25) is 5.88 Å². The zero-order chi connectivity index (χ0) is 14.7. The molecule has 2 aromatic heterocycles. The molecule has 3 rings (SSSR count). The third kappa shape index (κ3) is 3.13. The van der Waals surface area contributed by atoms with Gasteiger partial charge in [-0.25, -0.2) is 4.98 Å². The van der Waals surface area contributed by atoms with Gasteiger partial charge in [-0.2, -0.15) is 0 Å². The van der Waals surface area contributed by atoms with Crippen molar-refractivity contribution in [2.75, 3.05) is 0 Å². The van der Waals surface area contributed by atoms with Gasteiger partial charge in [-0.15, -0.1) is 0 Å². The molecule has 0 unspecified atom stereocenters. The second-order valence-electron chi connectivity index (χ2n) is 4.54. The molecule has 0 aliphatic heterocycles. The monoisotopic (exact) mass is 344 g/mol. The Bertz CT molecular complexity index is 724. The maximum atomic E-state index is 5.72. The molecule has 0 radical (unpaired) electrons. The van der Waals surface area contributed by atoms with Crippen LogP contribution in [0.1, 0.15) is 11.3 Å². The lowest BCUT2D eigenvalue weighted by atomic mass is 10.1. The highest BCUT2D eigenvalue weighted by molar-refractivity contribution is 9.10. The summed E-state index contributed by atoms with van der Waals surface area (Å²) in [6.07, 6.45) is 1.70. The summed E-state index contributed by atoms with van der Waals surface area (Å²) in [6.45, 7) is 2.25. The number of aryl methyl sites for hydroxylation is 1. The second-order valence-corrected chi connectivity index (χ2v) is 5.45. The molecule has 5 heteroatoms. The number of ether oxygens (including phenoxy) is 1. The molecule has 3 aromatic rings. The van der Waals surface area contributed by atoms with E-state index < -0.39 is 0 Å². The summed E-state index contributed by atoms with van der Waals surface area (Å²) in [5.41, 5.74) is 2.76. The fourth-order valence-electron chi connectivity index (χ4n) is 1.98. The molecular formula is C16H13BrN2O2. The third-order valence-electron chi connectivity index (χ3n) is 3.10. The van der Waals surface area contributed by atoms with Gasteiger partial charge in [0.1, 0.15) is 18.1 Å². The Morgan fingerprint density at radius 1 is 1.14 bits per heavy atom. The van der Waals surface area contributed by atoms with Crippen LogP contribution in [0.4, 0.5) is 0 Å². The Morgan fingerprint density at radius 2 is 1.95 bits per heavy atom. The van der Waals surface area contributed by atoms with E-state index in [-0.39, 0.29) is 0 Å². The summed E-state index contributed by atoms with van der Waals surface area (Å²) < 4.78 is 11.9. The molecule has 4 nitrogen and oxygen atoms in total. The smallest absolute Gasteiger partial charge is 0.213 e. The topological polar surface area (TPSA) is 48.2 Å². The van der Waals surface area contributed by atoms with Crippen molar-refractivity contribution in [3.63, 3.8) is 0 Å². The standard InChI is InChI=1S/C16H13BrN2O2/c1-11-14(10-20-15-8-7-13(17)9-18-15)16(19-21-11)12-5-3-2-4-6-12/h2-9H,10H2,1H3. The molecule has 0 fully saturated rings. The van der Waals surface area contributed by atoms with Crippen molar-refractivity contribution in [2.24, 2.45) is 0 Å². The minimum absolute atomic E-state index is 0.369. The third-order valence-corrected chi connectivity index (χ3v) is 3.57. The average Bonchev–Trinajstić information content (AvgIpc) is 2.89. The van der Waals surface area contributed by atoms with Crippen LogP contribution in [0, 0.1) is 6.92 Å². The van der Waals surface area contributed by atoms with Gasteiger partial charge in [0.25, 0.3) is 0 Å². The highest BCUT2D eigenvalue weighted by Crippen LogP contribution is 2.26. The van der Waals surface area contributed by atoms with Gasteiger partial charge in [0, 0.05) is 22.3 Å². The van der Waals surface area contributed by atoms with E-state index in [9.17, 15) is 0 Å². The summed E-state index contributed by atoms with van der Waals surface area (Å²) in [7, 11) is 0. The first-order chi connectivity index (χ1) is 10.2. The van der Waals surface area contributed by atoms with Crippen LogP contribution < -0.4 is 4.74 Å². The lowest BCUT2D eigenvalue weighted by Gasteiger charge is -2.06. The predicted molar refractivity (Wildman–Crippen MR) is 82.9 cm³/mol. The van der Waals surface area contributed by atoms with Gasteiger partial charge < -0.3 is 9.26 Å². The van der Waals surface area contributed by atoms with Crippen LogP contribution in [0.15, 0.2) is 57.7 Å². The molecule has 0 aliphatic carbocycles. The van der Waals surface area contributed by atoms with Crippen LogP contribution in [0.2, 0.25) is 0 Å². The van der Waals surface area contributed by atoms with Crippen LogP contribution >= 0.6 is 15.9 Å². The van der Waals surface area contributed by atoms with E-state index >= 15 is 0 Å². The van der Waals surface area contributed by atoms with Crippen molar-refractivity contribution >= 4 is 15.9 Å². The quantitative estimate of drug-likeness (QED) is 0.704. The van der Waals surface area contributed by atoms with Gasteiger partial charge in [-0.1, -0.05) is 35.5 Å². The van der Waals surface area contributed by atoms with Crippen molar-refractivity contribution in [2.45, 2.75) is 13.5 Å². The first-order valence-electron chi connectivity index (χ1n) is 6.49. The van der Waals surface area contributed by atoms with Crippen LogP contribution in [0.3, 0.4) is 0 Å². The molecule has 0 spiro atoms. The lowest BCUT2D eigenvalue weighted by Crippen LogP contribution is -1.99. The van der Waals surface area contributed by atoms with Crippen LogP contribution in [-0.2, 0) is 6.61 Å². The molecule has 1 aromatic carbocycles. The molecule has 0 atom stereocenters. The minimum Gasteiger partial charge on any atom is -0.473 e. The van der Waals surface area contributed by atoms with E-state index in [0.717, 1.165) is 27.1 Å². The van der Waals surface area contributed by atoms with Crippen LogP contribution in [0.5, 0.6) is 5.88 Å². The molecule has 2 heterocycles. The van der Waals surface area contributed by atoms with Gasteiger partial charge in [0.05, 0.1) is 5.56 Å². The van der Waals surface area contributed by atoms with Gasteiger partial charge in [-0.3, -0.25) is 0 Å². The molecule has 0 N–H and O–H groups in total. The summed E-state index contributed by atoms with van der Waals surface area (Å²) in [6, 6.07) is 13.6. The average molecular weight is 345 g/mol. The number of benzene rings is 1. The molecule has 0 amide bonds. The zero-order valence-electron chi connectivity index (χ0n) is 11.4. The Labute approximate surface area is 130 Å². The van der Waals surface area contributed by atoms with Gasteiger partial charge in [0.15, 0.2) is 0 Å². The van der Waals surface area contributed by atoms with Gasteiger partial charge in [-0.05, 0) is 28.9 Å². The van der Waals surface area contributed by atoms with E-state index in [1.165, 1.54) is 0 Å². The number of halogens is 1. The molecule has 0 aliphatic rings. The van der Waals surface area contributed by atoms with Crippen molar-refractivity contribution in [1.82, 2.24) is 10.1 Å². The van der Waals surface area contributed by atoms with Crippen molar-refractivity contribution in [3.05, 3.63) is 64.5 Å². The maximum Gasteiger partial charge on any atom is 0.213 e. The Kier molecular flexibility index (Phi) is 4.01. The van der Waals surface area contributed by atoms with E-state index in [1.54, 1.807) is 6.20 Å². The fraction of sp³-hybridized carbons (Fsp3) is 0.125. The second kappa shape index (κ2) is 6.10. The molecule has 106 valence electrons. The summed E-state index contributed by atoms with van der Waals surface area (Å²) in [5, 5.41) is 4.13. The van der Waals surface area contributed by atoms with Crippen molar-refractivity contribution < 1.29 is 9.26 Å². The zero-order valence-corrected chi connectivity index (χ0v) is 13.0. The van der Waals surface area contributed by atoms with Crippen LogP contribution in [-0.4, -0.2) is 10.1 Å². The first kappa shape index (κ1) is 13.8. The number of hydrogen-bond donors (Lipinski definition) is 0. The molecule has 0 saturated carbocycles. The number of pyridine rings is 1. The summed E-state index contributed by atoms with van der Waals surface area (Å²) in [4.78, 5) is 4.19. The number of aromatic nitrogens is 2. The maximum absolute atomic E-state index is 5.72. The minimum atomic E-state index is 0.369. The summed E-state index contributed by atoms with van der Waals surface area (Å²) in [5.74, 6) is 1.32. The highest BCUT2D eigenvalue weighted by atomic mass is 79.9. The summed E-state index contributed by atoms with van der Waals surface area (Å²) >= 11 is 3.35. The number of rotatable bonds is 4. The molecule has 21 heavy (non-hydrogen) atoms. The SMILES string of the molecule is Cc1onc(-c2ccccc2)c1COc1ccc(Br)cn1. The Morgan fingerprint density at radius 3 is 2.67 bits per heavy atom.